The summed E-state index contributed by atoms with van der Waals surface area (Å²) in [6.07, 6.45) is 0. The maximum atomic E-state index is 12.0. The van der Waals surface area contributed by atoms with E-state index in [9.17, 15) is 9.59 Å². The minimum absolute atomic E-state index is 0.170. The van der Waals surface area contributed by atoms with Crippen molar-refractivity contribution in [3.8, 4) is 5.75 Å². The van der Waals surface area contributed by atoms with Gasteiger partial charge in [-0.15, -0.1) is 0 Å². The Morgan fingerprint density at radius 3 is 2.29 bits per heavy atom. The van der Waals surface area contributed by atoms with Crippen molar-refractivity contribution in [3.05, 3.63) is 65.2 Å². The Labute approximate surface area is 141 Å². The molecule has 24 heavy (non-hydrogen) atoms. The van der Waals surface area contributed by atoms with Crippen LogP contribution in [-0.4, -0.2) is 25.1 Å². The molecule has 2 aromatic rings. The third-order valence-electron chi connectivity index (χ3n) is 3.36. The summed E-state index contributed by atoms with van der Waals surface area (Å²) in [5, 5.41) is 5.29. The van der Waals surface area contributed by atoms with Crippen molar-refractivity contribution >= 4 is 11.9 Å². The van der Waals surface area contributed by atoms with E-state index in [0.717, 1.165) is 11.3 Å². The van der Waals surface area contributed by atoms with Gasteiger partial charge in [0.25, 0.3) is 5.91 Å². The third kappa shape index (κ3) is 5.64. The fourth-order valence-corrected chi connectivity index (χ4v) is 2.03. The average molecular weight is 327 g/mol. The van der Waals surface area contributed by atoms with Gasteiger partial charge in [0.1, 0.15) is 12.4 Å². The van der Waals surface area contributed by atoms with Gasteiger partial charge in [0.15, 0.2) is 0 Å². The first-order valence-electron chi connectivity index (χ1n) is 7.64. The smallest absolute Gasteiger partial charge is 0.312 e. The fraction of sp³-hybridized carbons (Fsp3) is 0.222. The number of urea groups is 1. The molecule has 0 aliphatic rings. The Hall–Kier alpha value is -3.02. The summed E-state index contributed by atoms with van der Waals surface area (Å²) in [4.78, 5) is 22.7. The maximum absolute atomic E-state index is 12.0. The van der Waals surface area contributed by atoms with Gasteiger partial charge in [-0.3, -0.25) is 4.79 Å². The number of hydrogen-bond acceptors (Lipinski definition) is 3. The number of carbonyl (C=O) groups excluding carboxylic acids is 2. The minimum atomic E-state index is -0.578. The minimum Gasteiger partial charge on any atom is -0.492 e. The molecule has 0 spiro atoms. The number of nitrogens with one attached hydrogen (secondary N) is 2. The number of nitrogens with two attached hydrogens (primary N) is 1. The van der Waals surface area contributed by atoms with Crippen LogP contribution < -0.4 is 21.1 Å². The molecule has 0 bridgehead atoms. The monoisotopic (exact) mass is 327 g/mol. The molecule has 0 atom stereocenters. The zero-order valence-electron chi connectivity index (χ0n) is 13.5. The maximum Gasteiger partial charge on any atom is 0.312 e. The summed E-state index contributed by atoms with van der Waals surface area (Å²) in [7, 11) is 0. The van der Waals surface area contributed by atoms with Crippen LogP contribution in [0.3, 0.4) is 0 Å². The van der Waals surface area contributed by atoms with Crippen LogP contribution in [-0.2, 0) is 6.54 Å². The first-order valence-corrected chi connectivity index (χ1v) is 7.64. The molecule has 0 heterocycles. The lowest BCUT2D eigenvalue weighted by molar-refractivity contribution is 0.0947. The molecule has 4 N–H and O–H groups in total. The summed E-state index contributed by atoms with van der Waals surface area (Å²) in [6.45, 7) is 3.16. The summed E-state index contributed by atoms with van der Waals surface area (Å²) in [5.41, 5.74) is 7.60. The highest BCUT2D eigenvalue weighted by atomic mass is 16.5. The Morgan fingerprint density at radius 1 is 1.00 bits per heavy atom. The lowest BCUT2D eigenvalue weighted by Crippen LogP contribution is -2.29. The van der Waals surface area contributed by atoms with Crippen LogP contribution in [0.2, 0.25) is 0 Å². The SMILES string of the molecule is Cc1ccc(OCCNC(=O)c2ccc(CNC(N)=O)cc2)cc1. The molecule has 0 aromatic heterocycles. The number of aryl methyl sites for hydroxylation is 1. The van der Waals surface area contributed by atoms with E-state index in [1.165, 1.54) is 5.56 Å². The highest BCUT2D eigenvalue weighted by Gasteiger charge is 2.05. The van der Waals surface area contributed by atoms with Crippen LogP contribution in [0.5, 0.6) is 5.75 Å². The molecule has 2 rings (SSSR count). The summed E-state index contributed by atoms with van der Waals surface area (Å²) in [5.74, 6) is 0.609. The van der Waals surface area contributed by atoms with E-state index < -0.39 is 6.03 Å². The highest BCUT2D eigenvalue weighted by Crippen LogP contribution is 2.10. The van der Waals surface area contributed by atoms with Crippen molar-refractivity contribution in [3.63, 3.8) is 0 Å². The second-order valence-corrected chi connectivity index (χ2v) is 5.33. The number of carbonyl (C=O) groups is 2. The van der Waals surface area contributed by atoms with Crippen molar-refractivity contribution in [1.29, 1.82) is 0 Å². The zero-order chi connectivity index (χ0) is 17.4. The molecule has 0 aliphatic carbocycles. The number of rotatable bonds is 7. The van der Waals surface area contributed by atoms with Crippen LogP contribution in [0.25, 0.3) is 0 Å². The van der Waals surface area contributed by atoms with Crippen molar-refractivity contribution < 1.29 is 14.3 Å². The van der Waals surface area contributed by atoms with E-state index in [1.54, 1.807) is 24.3 Å². The van der Waals surface area contributed by atoms with E-state index in [4.69, 9.17) is 10.5 Å². The first kappa shape index (κ1) is 17.3. The predicted molar refractivity (Wildman–Crippen MR) is 91.9 cm³/mol. The van der Waals surface area contributed by atoms with Crippen LogP contribution in [0.15, 0.2) is 48.5 Å². The van der Waals surface area contributed by atoms with Gasteiger partial charge in [-0.25, -0.2) is 4.79 Å². The van der Waals surface area contributed by atoms with Gasteiger partial charge in [-0.2, -0.15) is 0 Å². The molecule has 0 unspecified atom stereocenters. The van der Waals surface area contributed by atoms with Gasteiger partial charge in [-0.1, -0.05) is 29.8 Å². The topological polar surface area (TPSA) is 93.4 Å². The van der Waals surface area contributed by atoms with Gasteiger partial charge < -0.3 is 21.1 Å². The fourth-order valence-electron chi connectivity index (χ4n) is 2.03. The Morgan fingerprint density at radius 2 is 1.67 bits per heavy atom. The first-order chi connectivity index (χ1) is 11.5. The average Bonchev–Trinajstić information content (AvgIpc) is 2.58. The Balaban J connectivity index is 1.73. The largest absolute Gasteiger partial charge is 0.492 e. The second-order valence-electron chi connectivity index (χ2n) is 5.33. The van der Waals surface area contributed by atoms with Crippen molar-refractivity contribution in [2.75, 3.05) is 13.2 Å². The number of benzene rings is 2. The number of hydrogen-bond donors (Lipinski definition) is 3. The Bertz CT molecular complexity index is 682. The molecule has 0 radical (unpaired) electrons. The molecule has 0 fully saturated rings. The van der Waals surface area contributed by atoms with Crippen molar-refractivity contribution in [2.45, 2.75) is 13.5 Å². The van der Waals surface area contributed by atoms with Crippen LogP contribution >= 0.6 is 0 Å². The molecule has 2 aromatic carbocycles. The second kappa shape index (κ2) is 8.57. The van der Waals surface area contributed by atoms with Gasteiger partial charge >= 0.3 is 6.03 Å². The molecule has 3 amide bonds. The van der Waals surface area contributed by atoms with Crippen molar-refractivity contribution in [1.82, 2.24) is 10.6 Å². The number of primary amides is 1. The molecular formula is C18H21N3O3. The van der Waals surface area contributed by atoms with E-state index in [0.29, 0.717) is 25.3 Å². The van der Waals surface area contributed by atoms with Gasteiger partial charge in [-0.05, 0) is 36.8 Å². The lowest BCUT2D eigenvalue weighted by Gasteiger charge is -2.08. The van der Waals surface area contributed by atoms with Crippen LogP contribution in [0, 0.1) is 6.92 Å². The van der Waals surface area contributed by atoms with Gasteiger partial charge in [0.2, 0.25) is 0 Å². The molecule has 0 saturated heterocycles. The lowest BCUT2D eigenvalue weighted by atomic mass is 10.1. The van der Waals surface area contributed by atoms with Crippen LogP contribution in [0.1, 0.15) is 21.5 Å². The molecule has 0 saturated carbocycles. The van der Waals surface area contributed by atoms with E-state index in [-0.39, 0.29) is 5.91 Å². The third-order valence-corrected chi connectivity index (χ3v) is 3.36. The van der Waals surface area contributed by atoms with E-state index in [2.05, 4.69) is 10.6 Å². The molecule has 6 nitrogen and oxygen atoms in total. The number of ether oxygens (including phenoxy) is 1. The summed E-state index contributed by atoms with van der Waals surface area (Å²) in [6, 6.07) is 14.1. The zero-order valence-corrected chi connectivity index (χ0v) is 13.5. The molecular weight excluding hydrogens is 306 g/mol. The molecule has 0 aliphatic heterocycles. The van der Waals surface area contributed by atoms with Gasteiger partial charge in [0, 0.05) is 12.1 Å². The quantitative estimate of drug-likeness (QED) is 0.679. The highest BCUT2D eigenvalue weighted by molar-refractivity contribution is 5.94. The van der Waals surface area contributed by atoms with Crippen molar-refractivity contribution in [2.24, 2.45) is 5.73 Å². The predicted octanol–water partition coefficient (Wildman–Crippen LogP) is 1.97. The van der Waals surface area contributed by atoms with Crippen LogP contribution in [0.4, 0.5) is 4.79 Å². The summed E-state index contributed by atoms with van der Waals surface area (Å²) < 4.78 is 5.55. The summed E-state index contributed by atoms with van der Waals surface area (Å²) >= 11 is 0. The number of amides is 3. The van der Waals surface area contributed by atoms with Gasteiger partial charge in [0.05, 0.1) is 6.54 Å². The van der Waals surface area contributed by atoms with E-state index >= 15 is 0 Å². The Kier molecular flexibility index (Phi) is 6.19. The molecule has 126 valence electrons. The van der Waals surface area contributed by atoms with E-state index in [1.807, 2.05) is 31.2 Å². The molecule has 6 heteroatoms. The normalized spacial score (nSPS) is 10.0. The standard InChI is InChI=1S/C18H21N3O3/c1-13-2-8-16(9-3-13)24-11-10-20-17(22)15-6-4-14(5-7-15)12-21-18(19)23/h2-9H,10-12H2,1H3,(H,20,22)(H3,19,21,23).